The summed E-state index contributed by atoms with van der Waals surface area (Å²) in [5.41, 5.74) is 8.87. The molecule has 0 radical (unpaired) electrons. The molecule has 0 saturated carbocycles. The van der Waals surface area contributed by atoms with Crippen molar-refractivity contribution >= 4 is 11.8 Å². The summed E-state index contributed by atoms with van der Waals surface area (Å²) >= 11 is 1.84. The number of aromatic nitrogens is 2. The van der Waals surface area contributed by atoms with Crippen LogP contribution in [0.1, 0.15) is 12.6 Å². The minimum Gasteiger partial charge on any atom is -0.325 e. The third-order valence-corrected chi connectivity index (χ3v) is 3.29. The zero-order valence-electron chi connectivity index (χ0n) is 9.23. The van der Waals surface area contributed by atoms with Crippen LogP contribution in [0, 0.1) is 0 Å². The zero-order chi connectivity index (χ0) is 11.4. The predicted molar refractivity (Wildman–Crippen MR) is 68.3 cm³/mol. The second-order valence-electron chi connectivity index (χ2n) is 3.42. The van der Waals surface area contributed by atoms with Crippen LogP contribution >= 0.6 is 11.8 Å². The van der Waals surface area contributed by atoms with Crippen molar-refractivity contribution in [2.75, 3.05) is 5.75 Å². The third kappa shape index (κ3) is 2.28. The van der Waals surface area contributed by atoms with Crippen LogP contribution in [0.3, 0.4) is 0 Å². The molecule has 3 N–H and O–H groups in total. The molecule has 0 aliphatic carbocycles. The Hall–Kier alpha value is -1.26. The Kier molecular flexibility index (Phi) is 3.64. The third-order valence-electron chi connectivity index (χ3n) is 2.40. The summed E-state index contributed by atoms with van der Waals surface area (Å²) in [6.07, 6.45) is 1.82. The first-order valence-corrected chi connectivity index (χ1v) is 6.29. The van der Waals surface area contributed by atoms with Crippen molar-refractivity contribution in [2.24, 2.45) is 5.73 Å². The normalized spacial score (nSPS) is 10.6. The Labute approximate surface area is 99.4 Å². The quantitative estimate of drug-likeness (QED) is 0.798. The van der Waals surface area contributed by atoms with E-state index < -0.39 is 0 Å². The average molecular weight is 233 g/mol. The lowest BCUT2D eigenvalue weighted by molar-refractivity contribution is 0.948. The van der Waals surface area contributed by atoms with Crippen molar-refractivity contribution in [2.45, 2.75) is 18.4 Å². The fourth-order valence-electron chi connectivity index (χ4n) is 1.61. The topological polar surface area (TPSA) is 54.7 Å². The van der Waals surface area contributed by atoms with Gasteiger partial charge >= 0.3 is 0 Å². The van der Waals surface area contributed by atoms with Gasteiger partial charge in [-0.2, -0.15) is 5.10 Å². The van der Waals surface area contributed by atoms with E-state index in [2.05, 4.69) is 41.4 Å². The van der Waals surface area contributed by atoms with Gasteiger partial charge in [0, 0.05) is 17.0 Å². The molecule has 0 saturated heterocycles. The van der Waals surface area contributed by atoms with Gasteiger partial charge in [-0.3, -0.25) is 5.10 Å². The molecule has 1 aromatic carbocycles. The molecule has 0 fully saturated rings. The highest BCUT2D eigenvalue weighted by molar-refractivity contribution is 7.99. The number of rotatable bonds is 4. The van der Waals surface area contributed by atoms with E-state index >= 15 is 0 Å². The molecular weight excluding hydrogens is 218 g/mol. The molecule has 0 atom stereocenters. The van der Waals surface area contributed by atoms with Crippen LogP contribution in [0.15, 0.2) is 35.4 Å². The number of aromatic amines is 1. The van der Waals surface area contributed by atoms with Gasteiger partial charge in [0.15, 0.2) is 0 Å². The minimum atomic E-state index is 0.487. The SMILES string of the molecule is CCSc1ccc(-c2cn[nH]c2CN)cc1. The highest BCUT2D eigenvalue weighted by Gasteiger charge is 2.05. The number of thioether (sulfide) groups is 1. The number of hydrogen-bond acceptors (Lipinski definition) is 3. The van der Waals surface area contributed by atoms with Gasteiger partial charge in [0.05, 0.1) is 11.9 Å². The molecule has 2 aromatic rings. The summed E-state index contributed by atoms with van der Waals surface area (Å²) in [7, 11) is 0. The summed E-state index contributed by atoms with van der Waals surface area (Å²) < 4.78 is 0. The highest BCUT2D eigenvalue weighted by Crippen LogP contribution is 2.25. The van der Waals surface area contributed by atoms with Crippen molar-refractivity contribution < 1.29 is 0 Å². The van der Waals surface area contributed by atoms with Crippen LogP contribution in [-0.2, 0) is 6.54 Å². The van der Waals surface area contributed by atoms with E-state index in [1.807, 2.05) is 18.0 Å². The zero-order valence-corrected chi connectivity index (χ0v) is 10.1. The molecule has 84 valence electrons. The van der Waals surface area contributed by atoms with Gasteiger partial charge in [0.25, 0.3) is 0 Å². The van der Waals surface area contributed by atoms with E-state index in [9.17, 15) is 0 Å². The second-order valence-corrected chi connectivity index (χ2v) is 4.76. The second kappa shape index (κ2) is 5.18. The van der Waals surface area contributed by atoms with Crippen LogP contribution in [0.2, 0.25) is 0 Å². The summed E-state index contributed by atoms with van der Waals surface area (Å²) in [5, 5.41) is 6.93. The van der Waals surface area contributed by atoms with Crippen molar-refractivity contribution in [1.82, 2.24) is 10.2 Å². The maximum atomic E-state index is 5.63. The predicted octanol–water partition coefficient (Wildman–Crippen LogP) is 2.65. The summed E-state index contributed by atoms with van der Waals surface area (Å²) in [6.45, 7) is 2.64. The molecular formula is C12H15N3S. The lowest BCUT2D eigenvalue weighted by Crippen LogP contribution is -1.98. The van der Waals surface area contributed by atoms with Crippen LogP contribution in [0.25, 0.3) is 11.1 Å². The summed E-state index contributed by atoms with van der Waals surface area (Å²) in [6, 6.07) is 8.50. The van der Waals surface area contributed by atoms with E-state index in [1.165, 1.54) is 4.90 Å². The van der Waals surface area contributed by atoms with Gasteiger partial charge in [-0.05, 0) is 23.4 Å². The molecule has 0 unspecified atom stereocenters. The Morgan fingerprint density at radius 1 is 1.31 bits per heavy atom. The van der Waals surface area contributed by atoms with E-state index in [-0.39, 0.29) is 0 Å². The molecule has 0 aliphatic heterocycles. The molecule has 16 heavy (non-hydrogen) atoms. The Bertz CT molecular complexity index is 448. The van der Waals surface area contributed by atoms with Crippen molar-refractivity contribution in [3.05, 3.63) is 36.2 Å². The number of nitrogens with one attached hydrogen (secondary N) is 1. The van der Waals surface area contributed by atoms with E-state index in [1.54, 1.807) is 0 Å². The fraction of sp³-hybridized carbons (Fsp3) is 0.250. The number of nitrogens with two attached hydrogens (primary N) is 1. The Balaban J connectivity index is 2.27. The first-order valence-electron chi connectivity index (χ1n) is 5.30. The number of hydrogen-bond donors (Lipinski definition) is 2. The maximum Gasteiger partial charge on any atom is 0.0569 e. The van der Waals surface area contributed by atoms with Crippen molar-refractivity contribution in [3.8, 4) is 11.1 Å². The molecule has 3 nitrogen and oxygen atoms in total. The molecule has 0 amide bonds. The van der Waals surface area contributed by atoms with Gasteiger partial charge in [-0.1, -0.05) is 19.1 Å². The Morgan fingerprint density at radius 2 is 2.06 bits per heavy atom. The average Bonchev–Trinajstić information content (AvgIpc) is 2.78. The Morgan fingerprint density at radius 3 is 2.69 bits per heavy atom. The first kappa shape index (κ1) is 11.2. The largest absolute Gasteiger partial charge is 0.325 e. The molecule has 2 rings (SSSR count). The summed E-state index contributed by atoms with van der Waals surface area (Å²) in [4.78, 5) is 1.30. The number of H-pyrrole nitrogens is 1. The molecule has 1 aromatic heterocycles. The van der Waals surface area contributed by atoms with E-state index in [4.69, 9.17) is 5.73 Å². The van der Waals surface area contributed by atoms with Crippen LogP contribution in [0.4, 0.5) is 0 Å². The monoisotopic (exact) mass is 233 g/mol. The van der Waals surface area contributed by atoms with Gasteiger partial charge in [-0.25, -0.2) is 0 Å². The van der Waals surface area contributed by atoms with Crippen LogP contribution in [-0.4, -0.2) is 16.0 Å². The smallest absolute Gasteiger partial charge is 0.0569 e. The number of nitrogens with zero attached hydrogens (tertiary/aromatic N) is 1. The van der Waals surface area contributed by atoms with Crippen LogP contribution in [0.5, 0.6) is 0 Å². The van der Waals surface area contributed by atoms with Crippen molar-refractivity contribution in [3.63, 3.8) is 0 Å². The maximum absolute atomic E-state index is 5.63. The van der Waals surface area contributed by atoms with Crippen LogP contribution < -0.4 is 5.73 Å². The minimum absolute atomic E-state index is 0.487. The molecule has 1 heterocycles. The van der Waals surface area contributed by atoms with Crippen molar-refractivity contribution in [1.29, 1.82) is 0 Å². The molecule has 0 aliphatic rings. The standard InChI is InChI=1S/C12H15N3S/c1-2-16-10-5-3-9(4-6-10)11-8-14-15-12(11)7-13/h3-6,8H,2,7,13H2,1H3,(H,14,15). The van der Waals surface area contributed by atoms with Gasteiger partial charge in [0.1, 0.15) is 0 Å². The lowest BCUT2D eigenvalue weighted by Gasteiger charge is -2.03. The van der Waals surface area contributed by atoms with Gasteiger partial charge in [0.2, 0.25) is 0 Å². The fourth-order valence-corrected chi connectivity index (χ4v) is 2.28. The first-order chi connectivity index (χ1) is 7.85. The van der Waals surface area contributed by atoms with E-state index in [0.717, 1.165) is 22.6 Å². The summed E-state index contributed by atoms with van der Waals surface area (Å²) in [5.74, 6) is 1.10. The van der Waals surface area contributed by atoms with E-state index in [0.29, 0.717) is 6.54 Å². The highest BCUT2D eigenvalue weighted by atomic mass is 32.2. The number of benzene rings is 1. The van der Waals surface area contributed by atoms with Gasteiger partial charge in [-0.15, -0.1) is 11.8 Å². The van der Waals surface area contributed by atoms with Gasteiger partial charge < -0.3 is 5.73 Å². The molecule has 0 bridgehead atoms. The molecule has 0 spiro atoms. The lowest BCUT2D eigenvalue weighted by atomic mass is 10.1. The molecule has 4 heteroatoms.